The minimum atomic E-state index is -4.20. The van der Waals surface area contributed by atoms with Crippen molar-refractivity contribution in [2.45, 2.75) is 11.8 Å². The molecule has 0 aliphatic rings. The van der Waals surface area contributed by atoms with Crippen molar-refractivity contribution in [3.05, 3.63) is 17.7 Å². The molecule has 15 heavy (non-hydrogen) atoms. The molecule has 0 spiro atoms. The van der Waals surface area contributed by atoms with E-state index in [1.807, 2.05) is 6.92 Å². The van der Waals surface area contributed by atoms with Gasteiger partial charge in [-0.15, -0.1) is 0 Å². The smallest absolute Gasteiger partial charge is 0.296 e. The highest BCUT2D eigenvalue weighted by Crippen LogP contribution is 2.27. The predicted molar refractivity (Wildman–Crippen MR) is 60.1 cm³/mol. The summed E-state index contributed by atoms with van der Waals surface area (Å²) < 4.78 is 31.2. The number of hydrogen-bond acceptors (Lipinski definition) is 4. The summed E-state index contributed by atoms with van der Waals surface area (Å²) in [6, 6.07) is 3.06. The maximum Gasteiger partial charge on any atom is 0.296 e. The zero-order valence-electron chi connectivity index (χ0n) is 8.83. The first kappa shape index (κ1) is 11.8. The van der Waals surface area contributed by atoms with E-state index >= 15 is 0 Å². The van der Waals surface area contributed by atoms with Crippen LogP contribution in [0.4, 0.5) is 11.4 Å². The molecule has 0 aliphatic heterocycles. The number of benzene rings is 1. The lowest BCUT2D eigenvalue weighted by Gasteiger charge is -2.11. The zero-order valence-corrected chi connectivity index (χ0v) is 9.64. The van der Waals surface area contributed by atoms with Crippen LogP contribution >= 0.6 is 0 Å². The lowest BCUT2D eigenvalue weighted by atomic mass is 10.2. The molecular weight excluding hydrogens is 216 g/mol. The quantitative estimate of drug-likeness (QED) is 0.683. The highest BCUT2D eigenvalue weighted by atomic mass is 32.2. The maximum atomic E-state index is 11.1. The zero-order chi connectivity index (χ0) is 11.6. The first-order valence-electron chi connectivity index (χ1n) is 4.37. The molecule has 0 fully saturated rings. The van der Waals surface area contributed by atoms with Gasteiger partial charge in [0, 0.05) is 19.8 Å². The van der Waals surface area contributed by atoms with Crippen LogP contribution < -0.4 is 10.6 Å². The van der Waals surface area contributed by atoms with Gasteiger partial charge in [0.1, 0.15) is 4.90 Å². The summed E-state index contributed by atoms with van der Waals surface area (Å²) >= 11 is 0. The van der Waals surface area contributed by atoms with Crippen LogP contribution in [-0.2, 0) is 10.1 Å². The summed E-state index contributed by atoms with van der Waals surface area (Å²) in [6.45, 7) is 1.85. The molecule has 5 nitrogen and oxygen atoms in total. The monoisotopic (exact) mass is 230 g/mol. The molecule has 0 heterocycles. The van der Waals surface area contributed by atoms with Gasteiger partial charge in [-0.25, -0.2) is 0 Å². The van der Waals surface area contributed by atoms with Gasteiger partial charge in [0.15, 0.2) is 0 Å². The minimum Gasteiger partial charge on any atom is -0.388 e. The lowest BCUT2D eigenvalue weighted by Crippen LogP contribution is -2.05. The number of nitrogens with one attached hydrogen (secondary N) is 2. The second-order valence-corrected chi connectivity index (χ2v) is 4.53. The van der Waals surface area contributed by atoms with E-state index < -0.39 is 10.1 Å². The maximum absolute atomic E-state index is 11.1. The summed E-state index contributed by atoms with van der Waals surface area (Å²) in [7, 11) is -0.908. The number of rotatable bonds is 3. The molecule has 0 unspecified atom stereocenters. The van der Waals surface area contributed by atoms with E-state index in [4.69, 9.17) is 4.55 Å². The van der Waals surface area contributed by atoms with E-state index in [9.17, 15) is 8.42 Å². The number of hydrogen-bond donors (Lipinski definition) is 3. The Labute approximate surface area is 89.3 Å². The molecule has 1 rings (SSSR count). The Morgan fingerprint density at radius 3 is 2.07 bits per heavy atom. The Morgan fingerprint density at radius 2 is 1.67 bits per heavy atom. The molecule has 0 bridgehead atoms. The van der Waals surface area contributed by atoms with Crippen LogP contribution in [0.3, 0.4) is 0 Å². The fourth-order valence-electron chi connectivity index (χ4n) is 1.37. The van der Waals surface area contributed by atoms with E-state index in [-0.39, 0.29) is 4.90 Å². The first-order valence-corrected chi connectivity index (χ1v) is 5.81. The molecule has 0 saturated heterocycles. The summed E-state index contributed by atoms with van der Waals surface area (Å²) in [6.07, 6.45) is 0. The molecule has 1 aromatic carbocycles. The normalized spacial score (nSPS) is 11.2. The average molecular weight is 230 g/mol. The van der Waals surface area contributed by atoms with Crippen LogP contribution in [0.15, 0.2) is 17.0 Å². The summed E-state index contributed by atoms with van der Waals surface area (Å²) in [5.41, 5.74) is 1.95. The van der Waals surface area contributed by atoms with E-state index in [1.165, 1.54) is 6.07 Å². The standard InChI is InChI=1S/C9H14N2O3S/c1-6-4-8(11-3)9(15(12,13)14)5-7(6)10-2/h4-5,10-11H,1-3H3,(H,12,13,14). The Kier molecular flexibility index (Phi) is 3.21. The van der Waals surface area contributed by atoms with Gasteiger partial charge in [0.2, 0.25) is 0 Å². The van der Waals surface area contributed by atoms with Crippen molar-refractivity contribution in [1.29, 1.82) is 0 Å². The molecule has 84 valence electrons. The molecule has 0 amide bonds. The SMILES string of the molecule is CNc1cc(S(=O)(=O)O)c(NC)cc1C. The molecule has 1 aromatic rings. The van der Waals surface area contributed by atoms with Gasteiger partial charge in [-0.2, -0.15) is 8.42 Å². The molecule has 0 saturated carbocycles. The van der Waals surface area contributed by atoms with E-state index in [0.29, 0.717) is 11.4 Å². The highest BCUT2D eigenvalue weighted by molar-refractivity contribution is 7.86. The van der Waals surface area contributed by atoms with Crippen molar-refractivity contribution in [3.63, 3.8) is 0 Å². The predicted octanol–water partition coefficient (Wildman–Crippen LogP) is 1.33. The Balaban J connectivity index is 3.49. The van der Waals surface area contributed by atoms with Gasteiger partial charge < -0.3 is 10.6 Å². The first-order chi connectivity index (χ1) is 6.90. The van der Waals surface area contributed by atoms with Gasteiger partial charge in [-0.3, -0.25) is 4.55 Å². The lowest BCUT2D eigenvalue weighted by molar-refractivity contribution is 0.483. The molecule has 0 aliphatic carbocycles. The van der Waals surface area contributed by atoms with E-state index in [1.54, 1.807) is 20.2 Å². The Hall–Kier alpha value is -1.27. The highest BCUT2D eigenvalue weighted by Gasteiger charge is 2.16. The third-order valence-corrected chi connectivity index (χ3v) is 3.04. The summed E-state index contributed by atoms with van der Waals surface area (Å²) in [5, 5.41) is 5.58. The van der Waals surface area contributed by atoms with E-state index in [2.05, 4.69) is 10.6 Å². The summed E-state index contributed by atoms with van der Waals surface area (Å²) in [4.78, 5) is -0.125. The van der Waals surface area contributed by atoms with Crippen molar-refractivity contribution in [3.8, 4) is 0 Å². The fourth-order valence-corrected chi connectivity index (χ4v) is 2.07. The average Bonchev–Trinajstić information content (AvgIpc) is 2.15. The Morgan fingerprint density at radius 1 is 1.13 bits per heavy atom. The van der Waals surface area contributed by atoms with Crippen molar-refractivity contribution in [1.82, 2.24) is 0 Å². The van der Waals surface area contributed by atoms with Crippen molar-refractivity contribution in [2.24, 2.45) is 0 Å². The molecule has 0 atom stereocenters. The fraction of sp³-hybridized carbons (Fsp3) is 0.333. The van der Waals surface area contributed by atoms with Crippen LogP contribution in [0.5, 0.6) is 0 Å². The third-order valence-electron chi connectivity index (χ3n) is 2.14. The van der Waals surface area contributed by atoms with Gasteiger partial charge in [0.25, 0.3) is 10.1 Å². The molecule has 6 heteroatoms. The van der Waals surface area contributed by atoms with Crippen molar-refractivity contribution in [2.75, 3.05) is 24.7 Å². The summed E-state index contributed by atoms with van der Waals surface area (Å²) in [5.74, 6) is 0. The Bertz CT molecular complexity index is 468. The van der Waals surface area contributed by atoms with Gasteiger partial charge >= 0.3 is 0 Å². The molecule has 0 radical (unpaired) electrons. The van der Waals surface area contributed by atoms with Gasteiger partial charge in [-0.1, -0.05) is 0 Å². The molecular formula is C9H14N2O3S. The van der Waals surface area contributed by atoms with Crippen LogP contribution in [0.1, 0.15) is 5.56 Å². The minimum absolute atomic E-state index is 0.125. The van der Waals surface area contributed by atoms with Crippen molar-refractivity contribution < 1.29 is 13.0 Å². The van der Waals surface area contributed by atoms with Crippen LogP contribution in [0.2, 0.25) is 0 Å². The topological polar surface area (TPSA) is 78.4 Å². The van der Waals surface area contributed by atoms with E-state index in [0.717, 1.165) is 5.56 Å². The van der Waals surface area contributed by atoms with Gasteiger partial charge in [-0.05, 0) is 24.6 Å². The number of anilines is 2. The second kappa shape index (κ2) is 4.08. The second-order valence-electron chi connectivity index (χ2n) is 3.14. The van der Waals surface area contributed by atoms with Gasteiger partial charge in [0.05, 0.1) is 5.69 Å². The van der Waals surface area contributed by atoms with Crippen LogP contribution in [0, 0.1) is 6.92 Å². The van der Waals surface area contributed by atoms with Crippen molar-refractivity contribution >= 4 is 21.5 Å². The number of aryl methyl sites for hydroxylation is 1. The largest absolute Gasteiger partial charge is 0.388 e. The van der Waals surface area contributed by atoms with Crippen LogP contribution in [0.25, 0.3) is 0 Å². The molecule has 3 N–H and O–H groups in total. The van der Waals surface area contributed by atoms with Crippen LogP contribution in [-0.4, -0.2) is 27.1 Å². The third kappa shape index (κ3) is 2.40. The molecule has 0 aromatic heterocycles.